The minimum absolute atomic E-state index is 0. The van der Waals surface area contributed by atoms with Crippen LogP contribution in [0.2, 0.25) is 0 Å². The van der Waals surface area contributed by atoms with Crippen molar-refractivity contribution < 1.29 is 26.8 Å². The molecule has 25 heavy (non-hydrogen) atoms. The molecule has 1 unspecified atom stereocenters. The topological polar surface area (TPSA) is 62.5 Å². The molecule has 5 heteroatoms. The molecule has 153 valence electrons. The van der Waals surface area contributed by atoms with Crippen molar-refractivity contribution in [3.8, 4) is 0 Å². The monoisotopic (exact) mass is 394 g/mol. The first-order valence-corrected chi connectivity index (χ1v) is 10.1. The summed E-state index contributed by atoms with van der Waals surface area (Å²) < 4.78 is 0. The molecule has 0 rings (SSSR count). The molecule has 4 nitrogen and oxygen atoms in total. The van der Waals surface area contributed by atoms with Gasteiger partial charge < -0.3 is 21.1 Å². The van der Waals surface area contributed by atoms with Gasteiger partial charge in [0, 0.05) is 6.61 Å². The Morgan fingerprint density at radius 2 is 0.960 bits per heavy atom. The van der Waals surface area contributed by atoms with Gasteiger partial charge in [-0.1, -0.05) is 74.7 Å². The fourth-order valence-corrected chi connectivity index (χ4v) is 1.59. The first-order chi connectivity index (χ1) is 11.6. The zero-order valence-corrected chi connectivity index (χ0v) is 20.2. The van der Waals surface area contributed by atoms with Crippen molar-refractivity contribution in [1.82, 2.24) is 0 Å². The van der Waals surface area contributed by atoms with Crippen LogP contribution in [0.3, 0.4) is 0 Å². The summed E-state index contributed by atoms with van der Waals surface area (Å²) in [6.07, 6.45) is 4.83. The van der Waals surface area contributed by atoms with E-state index in [2.05, 4.69) is 29.8 Å². The van der Waals surface area contributed by atoms with Gasteiger partial charge in [0.25, 0.3) is 0 Å². The Bertz CT molecular complexity index is 140. The minimum atomic E-state index is 0. The van der Waals surface area contributed by atoms with Crippen LogP contribution in [0.4, 0.5) is 0 Å². The Hall–Kier alpha value is 0.554. The van der Waals surface area contributed by atoms with Gasteiger partial charge in [0.05, 0.1) is 0 Å². The maximum atomic E-state index is 8.75. The number of hydrogen-bond donors (Lipinski definition) is 1. The molecule has 0 fully saturated rings. The molecule has 0 bridgehead atoms. The average molecular weight is 394 g/mol. The van der Waals surface area contributed by atoms with Gasteiger partial charge >= 0.3 is 21.7 Å². The van der Waals surface area contributed by atoms with Crippen LogP contribution in [-0.4, -0.2) is 51.0 Å². The molecule has 1 N–H and O–H groups in total. The molecule has 0 aromatic carbocycles. The molecule has 1 radical (unpaired) electrons. The summed E-state index contributed by atoms with van der Waals surface area (Å²) in [5.74, 6) is 0.560. The Labute approximate surface area is 175 Å². The van der Waals surface area contributed by atoms with E-state index in [0.717, 1.165) is 45.7 Å². The van der Waals surface area contributed by atoms with E-state index >= 15 is 0 Å². The van der Waals surface area contributed by atoms with Gasteiger partial charge in [0.15, 0.2) is 0 Å². The van der Waals surface area contributed by atoms with Crippen molar-refractivity contribution >= 4 is 0 Å². The quantitative estimate of drug-likeness (QED) is 0.405. The second kappa shape index (κ2) is 44.2. The summed E-state index contributed by atoms with van der Waals surface area (Å²) in [7, 11) is 0. The Morgan fingerprint density at radius 3 is 1.08 bits per heavy atom. The standard InChI is InChI=1S/C8H18O.3C4H10N.Ti/c1-3-5-6-8(4-2)7-9;3*1-3-5-4-2;/h8-9H,3-7H2,1-2H3;3*3-4H2,1-2H3;/q;3*-1;+3. The van der Waals surface area contributed by atoms with Crippen LogP contribution in [0.1, 0.15) is 81.1 Å². The number of nitrogens with zero attached hydrogens (tertiary/aromatic N) is 3. The van der Waals surface area contributed by atoms with Crippen molar-refractivity contribution in [2.45, 2.75) is 81.1 Å². The van der Waals surface area contributed by atoms with Gasteiger partial charge in [-0.05, 0) is 12.3 Å². The first-order valence-electron chi connectivity index (χ1n) is 10.1. The number of hydrogen-bond acceptors (Lipinski definition) is 1. The molecule has 0 saturated carbocycles. The molecule has 0 spiro atoms. The zero-order chi connectivity index (χ0) is 19.5. The predicted molar refractivity (Wildman–Crippen MR) is 114 cm³/mol. The van der Waals surface area contributed by atoms with Crippen molar-refractivity contribution in [2.24, 2.45) is 5.92 Å². The molecule has 0 aliphatic rings. The largest absolute Gasteiger partial charge is 3.00 e. The van der Waals surface area contributed by atoms with Gasteiger partial charge in [-0.2, -0.15) is 39.3 Å². The summed E-state index contributed by atoms with van der Waals surface area (Å²) in [6.45, 7) is 22.8. The molecule has 0 aliphatic carbocycles. The van der Waals surface area contributed by atoms with Gasteiger partial charge in [-0.3, -0.25) is 0 Å². The summed E-state index contributed by atoms with van der Waals surface area (Å²) in [5, 5.41) is 20.7. The smallest absolute Gasteiger partial charge is 0.663 e. The molecule has 0 aromatic rings. The van der Waals surface area contributed by atoms with E-state index in [9.17, 15) is 0 Å². The second-order valence-electron chi connectivity index (χ2n) is 5.17. The molecule has 0 saturated heterocycles. The van der Waals surface area contributed by atoms with Gasteiger partial charge in [-0.25, -0.2) is 0 Å². The normalized spacial score (nSPS) is 9.96. The van der Waals surface area contributed by atoms with Gasteiger partial charge in [-0.15, -0.1) is 0 Å². The fraction of sp³-hybridized carbons (Fsp3) is 1.00. The number of rotatable bonds is 11. The second-order valence-corrected chi connectivity index (χ2v) is 5.17. The third-order valence-corrected chi connectivity index (χ3v) is 3.14. The van der Waals surface area contributed by atoms with E-state index in [1.54, 1.807) is 0 Å². The van der Waals surface area contributed by atoms with Crippen molar-refractivity contribution in [3.05, 3.63) is 16.0 Å². The summed E-state index contributed by atoms with van der Waals surface area (Å²) in [6, 6.07) is 0. The van der Waals surface area contributed by atoms with Crippen LogP contribution in [0.15, 0.2) is 0 Å². The van der Waals surface area contributed by atoms with Crippen LogP contribution < -0.4 is 0 Å². The first kappa shape index (κ1) is 36.5. The maximum absolute atomic E-state index is 8.75. The fourth-order valence-electron chi connectivity index (χ4n) is 1.59. The van der Waals surface area contributed by atoms with Gasteiger partial charge in [0.1, 0.15) is 0 Å². The Morgan fingerprint density at radius 1 is 0.640 bits per heavy atom. The van der Waals surface area contributed by atoms with E-state index in [1.165, 1.54) is 19.3 Å². The minimum Gasteiger partial charge on any atom is -0.663 e. The number of aliphatic hydroxyl groups excluding tert-OH is 1. The van der Waals surface area contributed by atoms with Crippen LogP contribution >= 0.6 is 0 Å². The molecule has 1 atom stereocenters. The average Bonchev–Trinajstić information content (AvgIpc) is 2.60. The molecular weight excluding hydrogens is 346 g/mol. The number of unbranched alkanes of at least 4 members (excludes halogenated alkanes) is 1. The van der Waals surface area contributed by atoms with E-state index < -0.39 is 0 Å². The molecular formula is C20H48N3OTi. The Balaban J connectivity index is -0.0000000733. The van der Waals surface area contributed by atoms with Crippen molar-refractivity contribution in [1.29, 1.82) is 0 Å². The van der Waals surface area contributed by atoms with Crippen LogP contribution in [0, 0.1) is 5.92 Å². The molecule has 0 aliphatic heterocycles. The van der Waals surface area contributed by atoms with E-state index in [0.29, 0.717) is 12.5 Å². The molecule has 0 aromatic heterocycles. The van der Waals surface area contributed by atoms with E-state index in [1.807, 2.05) is 41.5 Å². The predicted octanol–water partition coefficient (Wildman–Crippen LogP) is 6.39. The zero-order valence-electron chi connectivity index (χ0n) is 18.6. The van der Waals surface area contributed by atoms with Crippen molar-refractivity contribution in [3.63, 3.8) is 0 Å². The maximum Gasteiger partial charge on any atom is 3.00 e. The summed E-state index contributed by atoms with van der Waals surface area (Å²) >= 11 is 0. The van der Waals surface area contributed by atoms with E-state index in [-0.39, 0.29) is 21.7 Å². The third kappa shape index (κ3) is 59.0. The van der Waals surface area contributed by atoms with Crippen LogP contribution in [-0.2, 0) is 21.7 Å². The summed E-state index contributed by atoms with van der Waals surface area (Å²) in [5.41, 5.74) is 0. The van der Waals surface area contributed by atoms with Crippen LogP contribution in [0.5, 0.6) is 0 Å². The molecule has 0 amide bonds. The third-order valence-electron chi connectivity index (χ3n) is 3.14. The van der Waals surface area contributed by atoms with Crippen LogP contribution in [0.25, 0.3) is 16.0 Å². The molecule has 0 heterocycles. The number of aliphatic hydroxyl groups is 1. The summed E-state index contributed by atoms with van der Waals surface area (Å²) in [4.78, 5) is 0. The van der Waals surface area contributed by atoms with Crippen molar-refractivity contribution in [2.75, 3.05) is 45.9 Å². The SMILES string of the molecule is CCCCC(CC)CO.CC[N-]CC.CC[N-]CC.CC[N-]CC.[Ti+3]. The van der Waals surface area contributed by atoms with Gasteiger partial charge in [0.2, 0.25) is 0 Å². The van der Waals surface area contributed by atoms with E-state index in [4.69, 9.17) is 5.11 Å². The Kier molecular flexibility index (Phi) is 64.5.